The van der Waals surface area contributed by atoms with Gasteiger partial charge in [-0.15, -0.1) is 0 Å². The molecule has 1 aromatic rings. The number of rotatable bonds is 1. The minimum Gasteiger partial charge on any atom is -0.207 e. The molecule has 0 amide bonds. The molecule has 0 unspecified atom stereocenters. The van der Waals surface area contributed by atoms with E-state index in [0.717, 1.165) is 17.5 Å². The molecule has 0 aliphatic carbocycles. The van der Waals surface area contributed by atoms with Gasteiger partial charge < -0.3 is 0 Å². The Kier molecular flexibility index (Phi) is 3.71. The van der Waals surface area contributed by atoms with Gasteiger partial charge in [0, 0.05) is 0 Å². The Labute approximate surface area is 105 Å². The van der Waals surface area contributed by atoms with Crippen molar-refractivity contribution < 1.29 is 4.39 Å². The number of aryl methyl sites for hydroxylation is 1. The van der Waals surface area contributed by atoms with Gasteiger partial charge in [-0.1, -0.05) is 54.5 Å². The molecule has 0 heterocycles. The van der Waals surface area contributed by atoms with Gasteiger partial charge in [0.2, 0.25) is 0 Å². The third-order valence-electron chi connectivity index (χ3n) is 3.19. The maximum absolute atomic E-state index is 14.2. The summed E-state index contributed by atoms with van der Waals surface area (Å²) < 4.78 is 14.2. The fourth-order valence-corrected chi connectivity index (χ4v) is 2.18. The zero-order valence-corrected chi connectivity index (χ0v) is 12.2. The van der Waals surface area contributed by atoms with E-state index in [-0.39, 0.29) is 16.6 Å². The summed E-state index contributed by atoms with van der Waals surface area (Å²) in [6, 6.07) is 3.79. The summed E-state index contributed by atoms with van der Waals surface area (Å²) in [6.07, 6.45) is 0.954. The van der Waals surface area contributed by atoms with E-state index in [1.54, 1.807) is 6.07 Å². The van der Waals surface area contributed by atoms with Crippen LogP contribution in [0, 0.1) is 5.82 Å². The third-order valence-corrected chi connectivity index (χ3v) is 3.19. The summed E-state index contributed by atoms with van der Waals surface area (Å²) in [7, 11) is 0. The van der Waals surface area contributed by atoms with Crippen LogP contribution in [-0.2, 0) is 17.3 Å². The second kappa shape index (κ2) is 4.44. The smallest absolute Gasteiger partial charge is 0.127 e. The standard InChI is InChI=1S/C16H25F/c1-8-11-9-13(16(5,6)7)14(17)10-12(11)15(2,3)4/h9-10H,8H2,1-7H3. The highest BCUT2D eigenvalue weighted by Gasteiger charge is 2.24. The van der Waals surface area contributed by atoms with Crippen LogP contribution in [0.4, 0.5) is 4.39 Å². The summed E-state index contributed by atoms with van der Waals surface area (Å²) >= 11 is 0. The highest BCUT2D eigenvalue weighted by molar-refractivity contribution is 5.40. The molecule has 0 radical (unpaired) electrons. The van der Waals surface area contributed by atoms with Crippen molar-refractivity contribution in [1.29, 1.82) is 0 Å². The predicted octanol–water partition coefficient (Wildman–Crippen LogP) is 4.98. The van der Waals surface area contributed by atoms with Gasteiger partial charge in [0.15, 0.2) is 0 Å². The SMILES string of the molecule is CCc1cc(C(C)(C)C)c(F)cc1C(C)(C)C. The van der Waals surface area contributed by atoms with E-state index in [1.165, 1.54) is 5.56 Å². The number of halogens is 1. The number of benzene rings is 1. The van der Waals surface area contributed by atoms with Crippen LogP contribution in [0.5, 0.6) is 0 Å². The lowest BCUT2D eigenvalue weighted by atomic mass is 9.78. The molecule has 1 rings (SSSR count). The van der Waals surface area contributed by atoms with Gasteiger partial charge in [-0.05, 0) is 40.0 Å². The molecule has 0 aliphatic heterocycles. The molecule has 0 saturated carbocycles. The van der Waals surface area contributed by atoms with Gasteiger partial charge in [-0.2, -0.15) is 0 Å². The lowest BCUT2D eigenvalue weighted by Gasteiger charge is -2.27. The van der Waals surface area contributed by atoms with E-state index in [1.807, 2.05) is 0 Å². The van der Waals surface area contributed by atoms with Crippen LogP contribution in [0.1, 0.15) is 65.2 Å². The second-order valence-corrected chi connectivity index (χ2v) is 6.84. The highest BCUT2D eigenvalue weighted by Crippen LogP contribution is 2.33. The Morgan fingerprint density at radius 2 is 1.35 bits per heavy atom. The summed E-state index contributed by atoms with van der Waals surface area (Å²) in [5.41, 5.74) is 3.09. The molecule has 0 spiro atoms. The molecule has 0 fully saturated rings. The molecule has 17 heavy (non-hydrogen) atoms. The van der Waals surface area contributed by atoms with Gasteiger partial charge >= 0.3 is 0 Å². The van der Waals surface area contributed by atoms with Crippen molar-refractivity contribution in [2.75, 3.05) is 0 Å². The summed E-state index contributed by atoms with van der Waals surface area (Å²) in [4.78, 5) is 0. The van der Waals surface area contributed by atoms with E-state index in [9.17, 15) is 4.39 Å². The van der Waals surface area contributed by atoms with Crippen LogP contribution in [0.25, 0.3) is 0 Å². The molecule has 1 heteroatoms. The first-order chi connectivity index (χ1) is 7.57. The van der Waals surface area contributed by atoms with E-state index in [2.05, 4.69) is 54.5 Å². The largest absolute Gasteiger partial charge is 0.207 e. The van der Waals surface area contributed by atoms with Crippen molar-refractivity contribution in [2.24, 2.45) is 0 Å². The molecule has 96 valence electrons. The zero-order valence-electron chi connectivity index (χ0n) is 12.2. The number of hydrogen-bond donors (Lipinski definition) is 0. The predicted molar refractivity (Wildman–Crippen MR) is 73.2 cm³/mol. The lowest BCUT2D eigenvalue weighted by molar-refractivity contribution is 0.510. The van der Waals surface area contributed by atoms with Crippen molar-refractivity contribution in [3.63, 3.8) is 0 Å². The average molecular weight is 236 g/mol. The minimum absolute atomic E-state index is 0.00258. The second-order valence-electron chi connectivity index (χ2n) is 6.84. The molecule has 0 bridgehead atoms. The van der Waals surface area contributed by atoms with Gasteiger partial charge in [0.05, 0.1) is 0 Å². The molecule has 1 aromatic carbocycles. The molecule has 0 aliphatic rings. The van der Waals surface area contributed by atoms with Crippen LogP contribution in [0.15, 0.2) is 12.1 Å². The third kappa shape index (κ3) is 3.08. The number of hydrogen-bond acceptors (Lipinski definition) is 0. The minimum atomic E-state index is -0.135. The van der Waals surface area contributed by atoms with Crippen molar-refractivity contribution in [1.82, 2.24) is 0 Å². The fraction of sp³-hybridized carbons (Fsp3) is 0.625. The molecule has 0 saturated heterocycles. The van der Waals surface area contributed by atoms with Gasteiger partial charge in [0.25, 0.3) is 0 Å². The normalized spacial score (nSPS) is 12.9. The van der Waals surface area contributed by atoms with Crippen LogP contribution >= 0.6 is 0 Å². The van der Waals surface area contributed by atoms with Crippen LogP contribution in [0.3, 0.4) is 0 Å². The maximum Gasteiger partial charge on any atom is 0.127 e. The van der Waals surface area contributed by atoms with E-state index < -0.39 is 0 Å². The summed E-state index contributed by atoms with van der Waals surface area (Å²) in [5.74, 6) is -0.0698. The van der Waals surface area contributed by atoms with Crippen molar-refractivity contribution in [2.45, 2.75) is 65.7 Å². The molecule has 0 N–H and O–H groups in total. The van der Waals surface area contributed by atoms with Crippen LogP contribution in [0.2, 0.25) is 0 Å². The Hall–Kier alpha value is -0.850. The topological polar surface area (TPSA) is 0 Å². The lowest BCUT2D eigenvalue weighted by Crippen LogP contribution is -2.19. The first-order valence-electron chi connectivity index (χ1n) is 6.40. The van der Waals surface area contributed by atoms with E-state index >= 15 is 0 Å². The quantitative estimate of drug-likeness (QED) is 0.645. The summed E-state index contributed by atoms with van der Waals surface area (Å²) in [5, 5.41) is 0. The zero-order chi connectivity index (χ0) is 13.4. The maximum atomic E-state index is 14.2. The first-order valence-corrected chi connectivity index (χ1v) is 6.40. The van der Waals surface area contributed by atoms with Gasteiger partial charge in [-0.3, -0.25) is 0 Å². The monoisotopic (exact) mass is 236 g/mol. The average Bonchev–Trinajstić information content (AvgIpc) is 2.14. The van der Waals surface area contributed by atoms with Gasteiger partial charge in [0.1, 0.15) is 5.82 Å². The summed E-state index contributed by atoms with van der Waals surface area (Å²) in [6.45, 7) is 14.7. The Morgan fingerprint density at radius 1 is 0.882 bits per heavy atom. The van der Waals surface area contributed by atoms with Crippen molar-refractivity contribution in [3.05, 3.63) is 34.6 Å². The van der Waals surface area contributed by atoms with Gasteiger partial charge in [-0.25, -0.2) is 4.39 Å². The molecular weight excluding hydrogens is 211 g/mol. The Bertz CT molecular complexity index is 403. The van der Waals surface area contributed by atoms with Crippen LogP contribution < -0.4 is 0 Å². The first kappa shape index (κ1) is 14.2. The Morgan fingerprint density at radius 3 is 1.71 bits per heavy atom. The van der Waals surface area contributed by atoms with Crippen LogP contribution in [-0.4, -0.2) is 0 Å². The fourth-order valence-electron chi connectivity index (χ4n) is 2.18. The van der Waals surface area contributed by atoms with E-state index in [4.69, 9.17) is 0 Å². The highest BCUT2D eigenvalue weighted by atomic mass is 19.1. The van der Waals surface area contributed by atoms with E-state index in [0.29, 0.717) is 0 Å². The Balaban J connectivity index is 3.46. The van der Waals surface area contributed by atoms with Crippen molar-refractivity contribution in [3.8, 4) is 0 Å². The van der Waals surface area contributed by atoms with Crippen molar-refractivity contribution >= 4 is 0 Å². The molecule has 0 aromatic heterocycles. The molecule has 0 nitrogen and oxygen atoms in total. The molecular formula is C16H25F. The molecule has 0 atom stereocenters.